The van der Waals surface area contributed by atoms with Crippen molar-refractivity contribution in [3.63, 3.8) is 0 Å². The molecule has 2 amide bonds. The third kappa shape index (κ3) is 7.53. The summed E-state index contributed by atoms with van der Waals surface area (Å²) in [5, 5.41) is 6.54. The molecule has 212 valence electrons. The molecular formula is C30H27F2N3O6. The molecule has 0 unspecified atom stereocenters. The van der Waals surface area contributed by atoms with Gasteiger partial charge in [-0.1, -0.05) is 24.2 Å². The van der Waals surface area contributed by atoms with Crippen LogP contribution in [0, 0.1) is 11.6 Å². The van der Waals surface area contributed by atoms with Crippen LogP contribution in [-0.2, 0) is 17.8 Å². The maximum absolute atomic E-state index is 13.9. The van der Waals surface area contributed by atoms with E-state index in [-0.39, 0.29) is 42.3 Å². The Hall–Kier alpha value is -5.06. The number of esters is 1. The van der Waals surface area contributed by atoms with Crippen molar-refractivity contribution in [1.82, 2.24) is 10.5 Å². The van der Waals surface area contributed by atoms with E-state index in [1.807, 2.05) is 6.92 Å². The highest BCUT2D eigenvalue weighted by atomic mass is 19.1. The third-order valence-corrected chi connectivity index (χ3v) is 5.92. The minimum Gasteiger partial charge on any atom is -0.497 e. The normalized spacial score (nSPS) is 10.6. The van der Waals surface area contributed by atoms with Gasteiger partial charge >= 0.3 is 5.97 Å². The first kappa shape index (κ1) is 28.9. The minimum absolute atomic E-state index is 0.0215. The first-order chi connectivity index (χ1) is 19.8. The van der Waals surface area contributed by atoms with Gasteiger partial charge in [-0.15, -0.1) is 0 Å². The Morgan fingerprint density at radius 1 is 0.927 bits per heavy atom. The fraction of sp³-hybridized carbons (Fsp3) is 0.200. The number of hydrogen-bond acceptors (Lipinski definition) is 7. The number of hydrogen-bond donors (Lipinski definition) is 1. The van der Waals surface area contributed by atoms with Crippen molar-refractivity contribution in [3.05, 3.63) is 113 Å². The first-order valence-electron chi connectivity index (χ1n) is 12.7. The molecule has 4 aromatic rings. The van der Waals surface area contributed by atoms with E-state index in [9.17, 15) is 23.2 Å². The van der Waals surface area contributed by atoms with Gasteiger partial charge in [0.25, 0.3) is 11.8 Å². The molecule has 1 N–H and O–H groups in total. The van der Waals surface area contributed by atoms with Gasteiger partial charge in [-0.2, -0.15) is 0 Å². The van der Waals surface area contributed by atoms with Crippen molar-refractivity contribution in [2.75, 3.05) is 18.6 Å². The topological polar surface area (TPSA) is 111 Å². The zero-order valence-electron chi connectivity index (χ0n) is 22.4. The molecule has 0 spiro atoms. The summed E-state index contributed by atoms with van der Waals surface area (Å²) in [7, 11) is 1.56. The molecule has 0 aliphatic carbocycles. The van der Waals surface area contributed by atoms with E-state index in [4.69, 9.17) is 14.0 Å². The molecule has 4 rings (SSSR count). The van der Waals surface area contributed by atoms with Gasteiger partial charge in [0.2, 0.25) is 0 Å². The van der Waals surface area contributed by atoms with Gasteiger partial charge in [-0.3, -0.25) is 9.59 Å². The number of nitrogens with zero attached hydrogens (tertiary/aromatic N) is 2. The second kappa shape index (κ2) is 13.3. The van der Waals surface area contributed by atoms with Crippen molar-refractivity contribution in [2.45, 2.75) is 26.4 Å². The molecule has 0 radical (unpaired) electrons. The number of amides is 2. The molecule has 1 heterocycles. The van der Waals surface area contributed by atoms with Crippen molar-refractivity contribution < 1.29 is 37.2 Å². The molecule has 1 aromatic heterocycles. The lowest BCUT2D eigenvalue weighted by molar-refractivity contribution is 0.0505. The van der Waals surface area contributed by atoms with E-state index in [0.717, 1.165) is 17.7 Å². The van der Waals surface area contributed by atoms with Crippen LogP contribution in [0.4, 0.5) is 14.5 Å². The predicted molar refractivity (Wildman–Crippen MR) is 145 cm³/mol. The summed E-state index contributed by atoms with van der Waals surface area (Å²) in [6.45, 7) is 2.13. The molecule has 0 saturated carbocycles. The fourth-order valence-corrected chi connectivity index (χ4v) is 3.84. The Balaban J connectivity index is 1.53. The predicted octanol–water partition coefficient (Wildman–Crippen LogP) is 5.31. The van der Waals surface area contributed by atoms with Crippen molar-refractivity contribution in [2.24, 2.45) is 0 Å². The Morgan fingerprint density at radius 2 is 1.61 bits per heavy atom. The zero-order chi connectivity index (χ0) is 29.4. The molecule has 0 fully saturated rings. The average Bonchev–Trinajstić information content (AvgIpc) is 3.46. The van der Waals surface area contributed by atoms with E-state index in [0.29, 0.717) is 23.9 Å². The first-order valence-corrected chi connectivity index (χ1v) is 12.7. The molecule has 3 aromatic carbocycles. The van der Waals surface area contributed by atoms with Gasteiger partial charge in [0.1, 0.15) is 17.4 Å². The van der Waals surface area contributed by atoms with Crippen molar-refractivity contribution in [3.8, 4) is 5.75 Å². The molecule has 11 heteroatoms. The summed E-state index contributed by atoms with van der Waals surface area (Å²) >= 11 is 0. The van der Waals surface area contributed by atoms with Crippen LogP contribution >= 0.6 is 0 Å². The zero-order valence-corrected chi connectivity index (χ0v) is 22.4. The van der Waals surface area contributed by atoms with Crippen LogP contribution in [0.25, 0.3) is 0 Å². The van der Waals surface area contributed by atoms with Crippen LogP contribution in [0.2, 0.25) is 0 Å². The van der Waals surface area contributed by atoms with E-state index < -0.39 is 29.4 Å². The number of halogens is 2. The standard InChI is InChI=1S/C30H27F2N3O6/c1-3-12-40-30(38)20-6-8-24(9-7-20)35(29(37)21-13-22(31)15-23(32)14-21)18-26-16-27(34-41-26)28(36)33-17-19-4-10-25(39-2)11-5-19/h4-11,13-16H,3,12,17-18H2,1-2H3,(H,33,36). The third-order valence-electron chi connectivity index (χ3n) is 5.92. The smallest absolute Gasteiger partial charge is 0.338 e. The molecule has 9 nitrogen and oxygen atoms in total. The lowest BCUT2D eigenvalue weighted by Crippen LogP contribution is -2.30. The van der Waals surface area contributed by atoms with Crippen molar-refractivity contribution >= 4 is 23.5 Å². The summed E-state index contributed by atoms with van der Waals surface area (Å²) in [6.07, 6.45) is 0.662. The highest BCUT2D eigenvalue weighted by Gasteiger charge is 2.23. The number of carbonyl (C=O) groups is 3. The van der Waals surface area contributed by atoms with Crippen LogP contribution in [-0.4, -0.2) is 36.7 Å². The fourth-order valence-electron chi connectivity index (χ4n) is 3.84. The van der Waals surface area contributed by atoms with E-state index >= 15 is 0 Å². The van der Waals surface area contributed by atoms with Gasteiger partial charge < -0.3 is 24.2 Å². The lowest BCUT2D eigenvalue weighted by Gasteiger charge is -2.22. The number of rotatable bonds is 11. The van der Waals surface area contributed by atoms with E-state index in [1.165, 1.54) is 35.2 Å². The van der Waals surface area contributed by atoms with E-state index in [2.05, 4.69) is 10.5 Å². The molecule has 0 aliphatic rings. The highest BCUT2D eigenvalue weighted by Crippen LogP contribution is 2.23. The summed E-state index contributed by atoms with van der Waals surface area (Å²) in [4.78, 5) is 39.4. The average molecular weight is 564 g/mol. The Kier molecular flexibility index (Phi) is 9.41. The number of benzene rings is 3. The largest absolute Gasteiger partial charge is 0.497 e. The van der Waals surface area contributed by atoms with Crippen LogP contribution in [0.15, 0.2) is 77.3 Å². The molecule has 0 saturated heterocycles. The number of nitrogens with one attached hydrogen (secondary N) is 1. The van der Waals surface area contributed by atoms with Gasteiger partial charge in [0.15, 0.2) is 11.5 Å². The molecule has 0 aliphatic heterocycles. The second-order valence-corrected chi connectivity index (χ2v) is 8.94. The van der Waals surface area contributed by atoms with Crippen LogP contribution in [0.1, 0.15) is 55.9 Å². The number of carbonyl (C=O) groups excluding carboxylic acids is 3. The van der Waals surface area contributed by atoms with Gasteiger partial charge in [-0.05, 0) is 60.5 Å². The van der Waals surface area contributed by atoms with E-state index in [1.54, 1.807) is 31.4 Å². The molecule has 41 heavy (non-hydrogen) atoms. The monoisotopic (exact) mass is 563 g/mol. The molecule has 0 bridgehead atoms. The quantitative estimate of drug-likeness (QED) is 0.246. The SMILES string of the molecule is CCCOC(=O)c1ccc(N(Cc2cc(C(=O)NCc3ccc(OC)cc3)no2)C(=O)c2cc(F)cc(F)c2)cc1. The lowest BCUT2D eigenvalue weighted by atomic mass is 10.1. The Bertz CT molecular complexity index is 1500. The number of aromatic nitrogens is 1. The second-order valence-electron chi connectivity index (χ2n) is 8.94. The summed E-state index contributed by atoms with van der Waals surface area (Å²) in [6, 6.07) is 16.9. The number of methoxy groups -OCH3 is 1. The Morgan fingerprint density at radius 3 is 2.24 bits per heavy atom. The number of ether oxygens (including phenoxy) is 2. The summed E-state index contributed by atoms with van der Waals surface area (Å²) in [5.74, 6) is -2.79. The van der Waals surface area contributed by atoms with Crippen LogP contribution in [0.3, 0.4) is 0 Å². The van der Waals surface area contributed by atoms with Gasteiger partial charge in [0.05, 0.1) is 25.8 Å². The number of anilines is 1. The van der Waals surface area contributed by atoms with Crippen LogP contribution < -0.4 is 15.0 Å². The maximum Gasteiger partial charge on any atom is 0.338 e. The maximum atomic E-state index is 13.9. The Labute approximate surface area is 234 Å². The van der Waals surface area contributed by atoms with Gasteiger partial charge in [-0.25, -0.2) is 13.6 Å². The highest BCUT2D eigenvalue weighted by molar-refractivity contribution is 6.06. The molecule has 0 atom stereocenters. The minimum atomic E-state index is -0.919. The van der Waals surface area contributed by atoms with Crippen LogP contribution in [0.5, 0.6) is 5.75 Å². The molecular weight excluding hydrogens is 536 g/mol. The van der Waals surface area contributed by atoms with Gasteiger partial charge in [0, 0.05) is 29.9 Å². The van der Waals surface area contributed by atoms with Crippen molar-refractivity contribution in [1.29, 1.82) is 0 Å². The summed E-state index contributed by atoms with van der Waals surface area (Å²) < 4.78 is 43.4. The summed E-state index contributed by atoms with van der Waals surface area (Å²) in [5.41, 5.74) is 1.14.